The lowest BCUT2D eigenvalue weighted by Crippen LogP contribution is -2.15. The van der Waals surface area contributed by atoms with Gasteiger partial charge in [-0.1, -0.05) is 11.6 Å². The number of nitrogens with one attached hydrogen (secondary N) is 1. The molecule has 0 unspecified atom stereocenters. The van der Waals surface area contributed by atoms with Crippen LogP contribution in [0.4, 0.5) is 5.82 Å². The Labute approximate surface area is 162 Å². The fraction of sp³-hybridized carbons (Fsp3) is 0.238. The van der Waals surface area contributed by atoms with Crippen molar-refractivity contribution in [1.82, 2.24) is 9.97 Å². The highest BCUT2D eigenvalue weighted by Gasteiger charge is 2.43. The first kappa shape index (κ1) is 17.4. The molecule has 2 atom stereocenters. The van der Waals surface area contributed by atoms with Crippen LogP contribution in [0.5, 0.6) is 0 Å². The van der Waals surface area contributed by atoms with Gasteiger partial charge in [0.15, 0.2) is 0 Å². The SMILES string of the molecule is Cc1ccncc1-c1cc2cc(NC(=O)[C@H]3C[C@@H]3C#N)ncc2c(Cl)c1C. The average molecular weight is 377 g/mol. The lowest BCUT2D eigenvalue weighted by molar-refractivity contribution is -0.117. The smallest absolute Gasteiger partial charge is 0.230 e. The number of carbonyl (C=O) groups excluding carboxylic acids is 1. The molecule has 0 bridgehead atoms. The molecule has 0 radical (unpaired) electrons. The molecule has 27 heavy (non-hydrogen) atoms. The maximum atomic E-state index is 12.2. The number of nitriles is 1. The second kappa shape index (κ2) is 6.64. The van der Waals surface area contributed by atoms with E-state index in [2.05, 4.69) is 21.4 Å². The molecule has 1 aliphatic rings. The first-order valence-electron chi connectivity index (χ1n) is 8.70. The van der Waals surface area contributed by atoms with Crippen molar-refractivity contribution in [1.29, 1.82) is 5.26 Å². The Hall–Kier alpha value is -2.97. The molecule has 5 nitrogen and oxygen atoms in total. The summed E-state index contributed by atoms with van der Waals surface area (Å²) in [4.78, 5) is 20.7. The molecule has 134 valence electrons. The predicted octanol–water partition coefficient (Wildman–Crippen LogP) is 4.67. The van der Waals surface area contributed by atoms with Crippen molar-refractivity contribution in [2.75, 3.05) is 5.32 Å². The van der Waals surface area contributed by atoms with Gasteiger partial charge in [-0.3, -0.25) is 9.78 Å². The second-order valence-corrected chi connectivity index (χ2v) is 7.29. The van der Waals surface area contributed by atoms with Crippen LogP contribution in [-0.2, 0) is 4.79 Å². The van der Waals surface area contributed by atoms with E-state index in [1.807, 2.05) is 38.2 Å². The zero-order valence-corrected chi connectivity index (χ0v) is 15.7. The summed E-state index contributed by atoms with van der Waals surface area (Å²) in [6.45, 7) is 4.02. The molecule has 1 saturated carbocycles. The van der Waals surface area contributed by atoms with Crippen molar-refractivity contribution in [3.63, 3.8) is 0 Å². The Morgan fingerprint density at radius 2 is 2.11 bits per heavy atom. The minimum Gasteiger partial charge on any atom is -0.310 e. The molecular weight excluding hydrogens is 360 g/mol. The minimum absolute atomic E-state index is 0.157. The maximum absolute atomic E-state index is 12.2. The van der Waals surface area contributed by atoms with Crippen LogP contribution in [0.3, 0.4) is 0 Å². The van der Waals surface area contributed by atoms with E-state index in [9.17, 15) is 4.79 Å². The summed E-state index contributed by atoms with van der Waals surface area (Å²) in [6.07, 6.45) is 5.89. The summed E-state index contributed by atoms with van der Waals surface area (Å²) in [7, 11) is 0. The highest BCUT2D eigenvalue weighted by Crippen LogP contribution is 2.39. The van der Waals surface area contributed by atoms with E-state index in [0.717, 1.165) is 33.0 Å². The van der Waals surface area contributed by atoms with Crippen LogP contribution >= 0.6 is 11.6 Å². The highest BCUT2D eigenvalue weighted by molar-refractivity contribution is 6.36. The first-order chi connectivity index (χ1) is 13.0. The van der Waals surface area contributed by atoms with Crippen LogP contribution < -0.4 is 5.32 Å². The molecule has 1 aliphatic carbocycles. The van der Waals surface area contributed by atoms with Gasteiger partial charge in [-0.05, 0) is 60.5 Å². The number of aromatic nitrogens is 2. The summed E-state index contributed by atoms with van der Waals surface area (Å²) < 4.78 is 0. The third-order valence-corrected chi connectivity index (χ3v) is 5.57. The predicted molar refractivity (Wildman–Crippen MR) is 105 cm³/mol. The summed E-state index contributed by atoms with van der Waals surface area (Å²) >= 11 is 6.61. The fourth-order valence-corrected chi connectivity index (χ4v) is 3.56. The van der Waals surface area contributed by atoms with E-state index >= 15 is 0 Å². The normalized spacial score (nSPS) is 18.1. The number of amides is 1. The largest absolute Gasteiger partial charge is 0.310 e. The minimum atomic E-state index is -0.234. The molecule has 3 aromatic rings. The summed E-state index contributed by atoms with van der Waals surface area (Å²) in [5.74, 6) is -0.106. The van der Waals surface area contributed by atoms with Gasteiger partial charge in [-0.2, -0.15) is 5.26 Å². The molecule has 0 spiro atoms. The number of fused-ring (bicyclic) bond motifs is 1. The van der Waals surface area contributed by atoms with Gasteiger partial charge < -0.3 is 5.32 Å². The van der Waals surface area contributed by atoms with Crippen LogP contribution in [0, 0.1) is 37.0 Å². The van der Waals surface area contributed by atoms with Crippen LogP contribution in [0.15, 0.2) is 36.8 Å². The Balaban J connectivity index is 1.75. The number of hydrogen-bond acceptors (Lipinski definition) is 4. The van der Waals surface area contributed by atoms with Crippen molar-refractivity contribution >= 4 is 34.1 Å². The van der Waals surface area contributed by atoms with Crippen molar-refractivity contribution < 1.29 is 4.79 Å². The van der Waals surface area contributed by atoms with Gasteiger partial charge >= 0.3 is 0 Å². The van der Waals surface area contributed by atoms with Crippen LogP contribution in [0.2, 0.25) is 5.02 Å². The Morgan fingerprint density at radius 3 is 2.81 bits per heavy atom. The van der Waals surface area contributed by atoms with Crippen molar-refractivity contribution in [2.45, 2.75) is 20.3 Å². The topological polar surface area (TPSA) is 78.7 Å². The Bertz CT molecular complexity index is 1120. The molecule has 6 heteroatoms. The van der Waals surface area contributed by atoms with E-state index in [1.54, 1.807) is 12.4 Å². The number of pyridine rings is 2. The van der Waals surface area contributed by atoms with Crippen molar-refractivity contribution in [2.24, 2.45) is 11.8 Å². The quantitative estimate of drug-likeness (QED) is 0.720. The standard InChI is InChI=1S/C21H17ClN4O/c1-11-3-4-24-9-17(11)15-5-13-7-19(25-10-18(13)20(22)12(15)2)26-21(27)16-6-14(16)8-23/h3-5,7,9-10,14,16H,6H2,1-2H3,(H,25,26,27)/t14-,16+/m1/s1. The van der Waals surface area contributed by atoms with E-state index in [0.29, 0.717) is 17.3 Å². The number of nitrogens with zero attached hydrogens (tertiary/aromatic N) is 3. The summed E-state index contributed by atoms with van der Waals surface area (Å²) in [5.41, 5.74) is 4.11. The number of anilines is 1. The number of aryl methyl sites for hydroxylation is 1. The average Bonchev–Trinajstić information content (AvgIpc) is 3.45. The third-order valence-electron chi connectivity index (χ3n) is 5.08. The molecule has 2 aromatic heterocycles. The van der Waals surface area contributed by atoms with E-state index in [1.165, 1.54) is 0 Å². The molecule has 0 saturated heterocycles. The van der Waals surface area contributed by atoms with Gasteiger partial charge in [0.25, 0.3) is 0 Å². The van der Waals surface area contributed by atoms with Gasteiger partial charge in [-0.15, -0.1) is 0 Å². The molecule has 1 aromatic carbocycles. The third kappa shape index (κ3) is 3.13. The van der Waals surface area contributed by atoms with E-state index in [-0.39, 0.29) is 17.7 Å². The maximum Gasteiger partial charge on any atom is 0.230 e. The monoisotopic (exact) mass is 376 g/mol. The zero-order chi connectivity index (χ0) is 19.1. The lowest BCUT2D eigenvalue weighted by Gasteiger charge is -2.14. The Kier molecular flexibility index (Phi) is 4.29. The van der Waals surface area contributed by atoms with Gasteiger partial charge in [0.05, 0.1) is 22.9 Å². The van der Waals surface area contributed by atoms with E-state index in [4.69, 9.17) is 16.9 Å². The number of carbonyl (C=O) groups is 1. The van der Waals surface area contributed by atoms with Gasteiger partial charge in [-0.25, -0.2) is 4.98 Å². The number of halogens is 1. The molecule has 4 rings (SSSR count). The molecule has 1 fully saturated rings. The van der Waals surface area contributed by atoms with Crippen LogP contribution in [-0.4, -0.2) is 15.9 Å². The van der Waals surface area contributed by atoms with Gasteiger partial charge in [0.2, 0.25) is 5.91 Å². The molecular formula is C21H17ClN4O. The number of rotatable bonds is 3. The highest BCUT2D eigenvalue weighted by atomic mass is 35.5. The molecule has 1 amide bonds. The van der Waals surface area contributed by atoms with Crippen molar-refractivity contribution in [3.05, 3.63) is 52.9 Å². The molecule has 1 N–H and O–H groups in total. The first-order valence-corrected chi connectivity index (χ1v) is 9.07. The van der Waals surface area contributed by atoms with Gasteiger partial charge in [0.1, 0.15) is 5.82 Å². The van der Waals surface area contributed by atoms with Crippen LogP contribution in [0.25, 0.3) is 21.9 Å². The van der Waals surface area contributed by atoms with E-state index < -0.39 is 0 Å². The number of benzene rings is 1. The molecule has 0 aliphatic heterocycles. The lowest BCUT2D eigenvalue weighted by atomic mass is 9.95. The zero-order valence-electron chi connectivity index (χ0n) is 15.0. The fourth-order valence-electron chi connectivity index (χ4n) is 3.30. The van der Waals surface area contributed by atoms with Gasteiger partial charge in [0, 0.05) is 29.5 Å². The second-order valence-electron chi connectivity index (χ2n) is 6.91. The van der Waals surface area contributed by atoms with Crippen LogP contribution in [0.1, 0.15) is 17.5 Å². The summed E-state index contributed by atoms with van der Waals surface area (Å²) in [6, 6.07) is 7.96. The summed E-state index contributed by atoms with van der Waals surface area (Å²) in [5, 5.41) is 14.1. The van der Waals surface area contributed by atoms with Crippen molar-refractivity contribution in [3.8, 4) is 17.2 Å². The number of hydrogen-bond donors (Lipinski definition) is 1. The molecule has 2 heterocycles. The Morgan fingerprint density at radius 1 is 1.30 bits per heavy atom.